The van der Waals surface area contributed by atoms with Gasteiger partial charge in [-0.2, -0.15) is 0 Å². The van der Waals surface area contributed by atoms with Crippen LogP contribution in [-0.4, -0.2) is 24.8 Å². The van der Waals surface area contributed by atoms with Gasteiger partial charge in [-0.15, -0.1) is 11.3 Å². The van der Waals surface area contributed by atoms with Crippen LogP contribution in [0, 0.1) is 5.82 Å². The first kappa shape index (κ1) is 16.3. The van der Waals surface area contributed by atoms with E-state index in [2.05, 4.69) is 10.3 Å². The molecule has 0 aliphatic carbocycles. The largest absolute Gasteiger partial charge is 0.494 e. The Balaban J connectivity index is 1.51. The Labute approximate surface area is 152 Å². The second kappa shape index (κ2) is 6.64. The van der Waals surface area contributed by atoms with Crippen LogP contribution in [0.2, 0.25) is 0 Å². The predicted octanol–water partition coefficient (Wildman–Crippen LogP) is 3.94. The molecule has 0 saturated carbocycles. The summed E-state index contributed by atoms with van der Waals surface area (Å²) in [6.45, 7) is 0.147. The average molecular weight is 372 g/mol. The minimum Gasteiger partial charge on any atom is -0.494 e. The molecule has 8 heteroatoms. The zero-order valence-corrected chi connectivity index (χ0v) is 14.4. The molecule has 2 heterocycles. The van der Waals surface area contributed by atoms with Gasteiger partial charge in [0.05, 0.1) is 12.8 Å². The van der Waals surface area contributed by atoms with Gasteiger partial charge in [-0.3, -0.25) is 10.1 Å². The van der Waals surface area contributed by atoms with Crippen molar-refractivity contribution in [3.8, 4) is 28.5 Å². The quantitative estimate of drug-likeness (QED) is 0.751. The van der Waals surface area contributed by atoms with Crippen molar-refractivity contribution in [3.63, 3.8) is 0 Å². The number of rotatable bonds is 4. The fourth-order valence-corrected chi connectivity index (χ4v) is 3.21. The third-order valence-corrected chi connectivity index (χ3v) is 4.56. The molecule has 4 rings (SSSR count). The van der Waals surface area contributed by atoms with E-state index in [0.29, 0.717) is 33.5 Å². The Bertz CT molecular complexity index is 989. The van der Waals surface area contributed by atoms with Gasteiger partial charge in [-0.05, 0) is 36.4 Å². The SMILES string of the molecule is COc1ccc(-c2csc(NC(=O)c3ccc4c(c3)OCO4)n2)cc1F. The molecule has 1 amide bonds. The summed E-state index contributed by atoms with van der Waals surface area (Å²) in [7, 11) is 1.41. The number of aromatic nitrogens is 1. The van der Waals surface area contributed by atoms with Gasteiger partial charge in [-0.1, -0.05) is 0 Å². The summed E-state index contributed by atoms with van der Waals surface area (Å²) < 4.78 is 29.2. The van der Waals surface area contributed by atoms with E-state index >= 15 is 0 Å². The van der Waals surface area contributed by atoms with E-state index in [9.17, 15) is 9.18 Å². The number of ether oxygens (including phenoxy) is 3. The van der Waals surface area contributed by atoms with Gasteiger partial charge in [-0.25, -0.2) is 9.37 Å². The summed E-state index contributed by atoms with van der Waals surface area (Å²) in [6, 6.07) is 9.54. The van der Waals surface area contributed by atoms with Crippen LogP contribution in [0.3, 0.4) is 0 Å². The Hall–Kier alpha value is -3.13. The second-order valence-corrected chi connectivity index (χ2v) is 6.27. The molecule has 0 spiro atoms. The van der Waals surface area contributed by atoms with E-state index in [1.165, 1.54) is 30.6 Å². The van der Waals surface area contributed by atoms with Gasteiger partial charge < -0.3 is 14.2 Å². The molecule has 2 aromatic carbocycles. The minimum atomic E-state index is -0.469. The number of anilines is 1. The number of hydrogen-bond acceptors (Lipinski definition) is 6. The number of benzene rings is 2. The molecule has 0 unspecified atom stereocenters. The van der Waals surface area contributed by atoms with Crippen molar-refractivity contribution in [2.45, 2.75) is 0 Å². The van der Waals surface area contributed by atoms with E-state index < -0.39 is 5.82 Å². The molecule has 132 valence electrons. The summed E-state index contributed by atoms with van der Waals surface area (Å²) in [5.41, 5.74) is 1.60. The van der Waals surface area contributed by atoms with Gasteiger partial charge in [0.2, 0.25) is 6.79 Å². The molecule has 3 aromatic rings. The van der Waals surface area contributed by atoms with Crippen LogP contribution in [0.5, 0.6) is 17.2 Å². The van der Waals surface area contributed by atoms with E-state index in [1.54, 1.807) is 29.6 Å². The number of carbonyl (C=O) groups excluding carboxylic acids is 1. The lowest BCUT2D eigenvalue weighted by atomic mass is 10.1. The summed E-state index contributed by atoms with van der Waals surface area (Å²) >= 11 is 1.26. The smallest absolute Gasteiger partial charge is 0.257 e. The van der Waals surface area contributed by atoms with Crippen LogP contribution < -0.4 is 19.5 Å². The molecule has 0 saturated heterocycles. The predicted molar refractivity (Wildman–Crippen MR) is 94.6 cm³/mol. The van der Waals surface area contributed by atoms with Crippen molar-refractivity contribution >= 4 is 22.4 Å². The van der Waals surface area contributed by atoms with Crippen LogP contribution in [0.1, 0.15) is 10.4 Å². The summed E-state index contributed by atoms with van der Waals surface area (Å²) in [5, 5.41) is 4.89. The van der Waals surface area contributed by atoms with E-state index in [1.807, 2.05) is 0 Å². The number of halogens is 1. The lowest BCUT2D eigenvalue weighted by molar-refractivity contribution is 0.102. The van der Waals surface area contributed by atoms with Crippen LogP contribution >= 0.6 is 11.3 Å². The Morgan fingerprint density at radius 1 is 1.23 bits per heavy atom. The number of thiazole rings is 1. The molecule has 1 N–H and O–H groups in total. The van der Waals surface area contributed by atoms with Gasteiger partial charge in [0.15, 0.2) is 28.2 Å². The maximum absolute atomic E-state index is 13.8. The second-order valence-electron chi connectivity index (χ2n) is 5.41. The molecule has 1 aromatic heterocycles. The molecule has 0 fully saturated rings. The molecule has 1 aliphatic heterocycles. The average Bonchev–Trinajstić information content (AvgIpc) is 3.30. The fourth-order valence-electron chi connectivity index (χ4n) is 2.50. The van der Waals surface area contributed by atoms with Crippen LogP contribution in [0.25, 0.3) is 11.3 Å². The molecular formula is C18H13FN2O4S. The summed E-state index contributed by atoms with van der Waals surface area (Å²) in [5.74, 6) is 0.528. The monoisotopic (exact) mass is 372 g/mol. The Morgan fingerprint density at radius 3 is 2.88 bits per heavy atom. The molecule has 0 bridgehead atoms. The number of carbonyl (C=O) groups is 1. The number of hydrogen-bond donors (Lipinski definition) is 1. The van der Waals surface area contributed by atoms with Gasteiger partial charge in [0.1, 0.15) is 0 Å². The molecular weight excluding hydrogens is 359 g/mol. The highest BCUT2D eigenvalue weighted by atomic mass is 32.1. The van der Waals surface area contributed by atoms with Gasteiger partial charge >= 0.3 is 0 Å². The number of nitrogens with zero attached hydrogens (tertiary/aromatic N) is 1. The molecule has 1 aliphatic rings. The Morgan fingerprint density at radius 2 is 2.08 bits per heavy atom. The van der Waals surface area contributed by atoms with E-state index in [-0.39, 0.29) is 18.4 Å². The normalized spacial score (nSPS) is 12.1. The van der Waals surface area contributed by atoms with Crippen molar-refractivity contribution in [1.29, 1.82) is 0 Å². The highest BCUT2D eigenvalue weighted by Gasteiger charge is 2.17. The first-order valence-corrected chi connectivity index (χ1v) is 8.52. The van der Waals surface area contributed by atoms with Crippen LogP contribution in [0.15, 0.2) is 41.8 Å². The van der Waals surface area contributed by atoms with Crippen molar-refractivity contribution < 1.29 is 23.4 Å². The zero-order valence-electron chi connectivity index (χ0n) is 13.6. The maximum atomic E-state index is 13.8. The summed E-state index contributed by atoms with van der Waals surface area (Å²) in [6.07, 6.45) is 0. The number of methoxy groups -OCH3 is 1. The minimum absolute atomic E-state index is 0.147. The zero-order chi connectivity index (χ0) is 18.1. The third-order valence-electron chi connectivity index (χ3n) is 3.81. The number of nitrogens with one attached hydrogen (secondary N) is 1. The van der Waals surface area contributed by atoms with Crippen molar-refractivity contribution in [1.82, 2.24) is 4.98 Å². The standard InChI is InChI=1S/C18H13FN2O4S/c1-23-14-4-2-10(6-12(14)19)13-8-26-18(20-13)21-17(22)11-3-5-15-16(7-11)25-9-24-15/h2-8H,9H2,1H3,(H,20,21,22). The van der Waals surface area contributed by atoms with Gasteiger partial charge in [0.25, 0.3) is 5.91 Å². The first-order chi connectivity index (χ1) is 12.6. The topological polar surface area (TPSA) is 69.7 Å². The molecule has 26 heavy (non-hydrogen) atoms. The molecule has 6 nitrogen and oxygen atoms in total. The molecule has 0 atom stereocenters. The lowest BCUT2D eigenvalue weighted by Crippen LogP contribution is -2.11. The lowest BCUT2D eigenvalue weighted by Gasteiger charge is -2.04. The van der Waals surface area contributed by atoms with Crippen molar-refractivity contribution in [2.24, 2.45) is 0 Å². The first-order valence-electron chi connectivity index (χ1n) is 7.64. The van der Waals surface area contributed by atoms with E-state index in [4.69, 9.17) is 14.2 Å². The van der Waals surface area contributed by atoms with Crippen LogP contribution in [0.4, 0.5) is 9.52 Å². The number of fused-ring (bicyclic) bond motifs is 1. The molecule has 0 radical (unpaired) electrons. The number of amides is 1. The highest BCUT2D eigenvalue weighted by molar-refractivity contribution is 7.14. The third kappa shape index (κ3) is 3.06. The highest BCUT2D eigenvalue weighted by Crippen LogP contribution is 2.33. The van der Waals surface area contributed by atoms with Crippen LogP contribution in [-0.2, 0) is 0 Å². The fraction of sp³-hybridized carbons (Fsp3) is 0.111. The Kier molecular flexibility index (Phi) is 4.18. The maximum Gasteiger partial charge on any atom is 0.257 e. The van der Waals surface area contributed by atoms with Crippen molar-refractivity contribution in [2.75, 3.05) is 19.2 Å². The van der Waals surface area contributed by atoms with E-state index in [0.717, 1.165) is 0 Å². The van der Waals surface area contributed by atoms with Crippen molar-refractivity contribution in [3.05, 3.63) is 53.2 Å². The summed E-state index contributed by atoms with van der Waals surface area (Å²) in [4.78, 5) is 16.7. The van der Waals surface area contributed by atoms with Gasteiger partial charge in [0, 0.05) is 16.5 Å².